The van der Waals surface area contributed by atoms with Gasteiger partial charge in [-0.2, -0.15) is 0 Å². The molecule has 6 heteroatoms. The molecule has 2 bridgehead atoms. The zero-order chi connectivity index (χ0) is 19.1. The van der Waals surface area contributed by atoms with Gasteiger partial charge in [-0.25, -0.2) is 4.98 Å². The molecule has 2 aliphatic heterocycles. The molecule has 5 nitrogen and oxygen atoms in total. The van der Waals surface area contributed by atoms with Crippen LogP contribution < -0.4 is 5.32 Å². The monoisotopic (exact) mass is 395 g/mol. The van der Waals surface area contributed by atoms with Gasteiger partial charge in [0.15, 0.2) is 0 Å². The second kappa shape index (κ2) is 6.99. The lowest BCUT2D eigenvalue weighted by atomic mass is 9.70. The predicted molar refractivity (Wildman–Crippen MR) is 108 cm³/mol. The lowest BCUT2D eigenvalue weighted by Crippen LogP contribution is -2.52. The first kappa shape index (κ1) is 17.9. The van der Waals surface area contributed by atoms with Crippen LogP contribution in [0.3, 0.4) is 0 Å². The van der Waals surface area contributed by atoms with Gasteiger partial charge in [0.1, 0.15) is 0 Å². The number of aromatic nitrogens is 1. The van der Waals surface area contributed by atoms with E-state index in [-0.39, 0.29) is 23.9 Å². The van der Waals surface area contributed by atoms with Crippen molar-refractivity contribution < 1.29 is 9.59 Å². The zero-order valence-electron chi connectivity index (χ0n) is 15.8. The number of rotatable bonds is 6. The van der Waals surface area contributed by atoms with Crippen molar-refractivity contribution in [2.24, 2.45) is 5.41 Å². The van der Waals surface area contributed by atoms with Crippen LogP contribution in [0.1, 0.15) is 43.4 Å². The minimum atomic E-state index is -0.536. The van der Waals surface area contributed by atoms with Crippen LogP contribution in [0.5, 0.6) is 0 Å². The van der Waals surface area contributed by atoms with E-state index in [0.717, 1.165) is 43.4 Å². The number of nitrogens with one attached hydrogen (secondary N) is 1. The maximum atomic E-state index is 13.4. The zero-order valence-corrected chi connectivity index (χ0v) is 16.7. The summed E-state index contributed by atoms with van der Waals surface area (Å²) in [7, 11) is 0. The fraction of sp³-hybridized carbons (Fsp3) is 0.500. The highest BCUT2D eigenvalue weighted by Gasteiger charge is 2.61. The molecule has 2 amide bonds. The van der Waals surface area contributed by atoms with Crippen molar-refractivity contribution >= 4 is 23.2 Å². The molecule has 3 fully saturated rings. The van der Waals surface area contributed by atoms with E-state index in [1.165, 1.54) is 0 Å². The van der Waals surface area contributed by atoms with Crippen LogP contribution in [-0.2, 0) is 22.4 Å². The van der Waals surface area contributed by atoms with E-state index in [1.807, 2.05) is 46.1 Å². The van der Waals surface area contributed by atoms with Crippen LogP contribution in [0, 0.1) is 5.41 Å². The van der Waals surface area contributed by atoms with Crippen molar-refractivity contribution in [3.63, 3.8) is 0 Å². The molecule has 1 aromatic carbocycles. The maximum absolute atomic E-state index is 13.4. The number of carbonyl (C=O) groups is 2. The summed E-state index contributed by atoms with van der Waals surface area (Å²) >= 11 is 1.57. The molecule has 5 rings (SSSR count). The van der Waals surface area contributed by atoms with Crippen LogP contribution >= 0.6 is 11.3 Å². The third-order valence-corrected chi connectivity index (χ3v) is 7.21. The summed E-state index contributed by atoms with van der Waals surface area (Å²) in [6, 6.07) is 10.4. The minimum absolute atomic E-state index is 0.0193. The standard InChI is InChI=1S/C22H25N3O2S/c26-20(10-15-4-2-1-3-5-15)25-18-8-9-19(25)22(12-18,11-17-13-28-14-23-17)21(27)24-16-6-7-16/h1-5,13-14,16,18-19H,6-12H2,(H,24,27)/t18-,19+,22+/m1/s1. The van der Waals surface area contributed by atoms with Gasteiger partial charge in [0.05, 0.1) is 23.0 Å². The van der Waals surface area contributed by atoms with E-state index in [2.05, 4.69) is 10.3 Å². The molecular weight excluding hydrogens is 370 g/mol. The van der Waals surface area contributed by atoms with Gasteiger partial charge in [0.25, 0.3) is 0 Å². The number of hydrogen-bond acceptors (Lipinski definition) is 4. The number of hydrogen-bond donors (Lipinski definition) is 1. The number of fused-ring (bicyclic) bond motifs is 2. The van der Waals surface area contributed by atoms with Crippen LogP contribution in [0.25, 0.3) is 0 Å². The van der Waals surface area contributed by atoms with Crippen molar-refractivity contribution in [3.8, 4) is 0 Å². The molecule has 28 heavy (non-hydrogen) atoms. The molecule has 1 N–H and O–H groups in total. The molecular formula is C22H25N3O2S. The normalized spacial score (nSPS) is 28.5. The van der Waals surface area contributed by atoms with E-state index in [0.29, 0.717) is 18.9 Å². The van der Waals surface area contributed by atoms with Crippen molar-refractivity contribution in [2.75, 3.05) is 0 Å². The molecule has 0 radical (unpaired) electrons. The largest absolute Gasteiger partial charge is 0.353 e. The summed E-state index contributed by atoms with van der Waals surface area (Å²) in [5.41, 5.74) is 3.30. The number of thiazole rings is 1. The van der Waals surface area contributed by atoms with E-state index in [9.17, 15) is 9.59 Å². The number of amides is 2. The van der Waals surface area contributed by atoms with Gasteiger partial charge < -0.3 is 10.2 Å². The minimum Gasteiger partial charge on any atom is -0.353 e. The highest BCUT2D eigenvalue weighted by atomic mass is 32.1. The summed E-state index contributed by atoms with van der Waals surface area (Å²) in [5.74, 6) is 0.283. The molecule has 2 saturated heterocycles. The summed E-state index contributed by atoms with van der Waals surface area (Å²) in [6.45, 7) is 0. The Morgan fingerprint density at radius 2 is 2.00 bits per heavy atom. The summed E-state index contributed by atoms with van der Waals surface area (Å²) in [6.07, 6.45) is 5.85. The topological polar surface area (TPSA) is 62.3 Å². The first-order chi connectivity index (χ1) is 13.7. The van der Waals surface area contributed by atoms with Gasteiger partial charge in [-0.1, -0.05) is 30.3 Å². The third kappa shape index (κ3) is 3.13. The van der Waals surface area contributed by atoms with Crippen molar-refractivity contribution in [3.05, 3.63) is 52.5 Å². The highest BCUT2D eigenvalue weighted by Crippen LogP contribution is 2.52. The van der Waals surface area contributed by atoms with Crippen LogP contribution in [0.4, 0.5) is 0 Å². The first-order valence-corrected chi connectivity index (χ1v) is 11.1. The van der Waals surface area contributed by atoms with Gasteiger partial charge in [0.2, 0.25) is 11.8 Å². The number of carbonyl (C=O) groups excluding carboxylic acids is 2. The third-order valence-electron chi connectivity index (χ3n) is 6.57. The fourth-order valence-corrected chi connectivity index (χ4v) is 5.70. The average Bonchev–Trinajstić information content (AvgIpc) is 3.10. The Labute approximate surface area is 169 Å². The Kier molecular flexibility index (Phi) is 4.46. The molecule has 3 heterocycles. The highest BCUT2D eigenvalue weighted by molar-refractivity contribution is 7.07. The molecule has 1 saturated carbocycles. The molecule has 1 aliphatic carbocycles. The Morgan fingerprint density at radius 3 is 2.71 bits per heavy atom. The van der Waals surface area contributed by atoms with E-state index in [1.54, 1.807) is 11.3 Å². The number of nitrogens with zero attached hydrogens (tertiary/aromatic N) is 2. The van der Waals surface area contributed by atoms with Gasteiger partial charge >= 0.3 is 0 Å². The first-order valence-electron chi connectivity index (χ1n) is 10.2. The van der Waals surface area contributed by atoms with Crippen molar-refractivity contribution in [2.45, 2.75) is 63.1 Å². The Hall–Kier alpha value is -2.21. The molecule has 0 spiro atoms. The lowest BCUT2D eigenvalue weighted by Gasteiger charge is -2.35. The average molecular weight is 396 g/mol. The van der Waals surface area contributed by atoms with E-state index < -0.39 is 5.41 Å². The van der Waals surface area contributed by atoms with Gasteiger partial charge in [-0.3, -0.25) is 9.59 Å². The van der Waals surface area contributed by atoms with Crippen molar-refractivity contribution in [1.29, 1.82) is 0 Å². The summed E-state index contributed by atoms with van der Waals surface area (Å²) < 4.78 is 0. The van der Waals surface area contributed by atoms with E-state index in [4.69, 9.17) is 0 Å². The predicted octanol–water partition coefficient (Wildman–Crippen LogP) is 2.96. The van der Waals surface area contributed by atoms with Gasteiger partial charge in [-0.15, -0.1) is 11.3 Å². The van der Waals surface area contributed by atoms with Crippen LogP contribution in [0.15, 0.2) is 41.2 Å². The maximum Gasteiger partial charge on any atom is 0.228 e. The fourth-order valence-electron chi connectivity index (χ4n) is 5.14. The quantitative estimate of drug-likeness (QED) is 0.818. The van der Waals surface area contributed by atoms with Gasteiger partial charge in [-0.05, 0) is 37.7 Å². The van der Waals surface area contributed by atoms with Crippen LogP contribution in [-0.4, -0.2) is 39.8 Å². The summed E-state index contributed by atoms with van der Waals surface area (Å²) in [4.78, 5) is 33.1. The molecule has 3 aliphatic rings. The molecule has 0 unspecified atom stereocenters. The second-order valence-electron chi connectivity index (χ2n) is 8.47. The van der Waals surface area contributed by atoms with Crippen molar-refractivity contribution in [1.82, 2.24) is 15.2 Å². The van der Waals surface area contributed by atoms with Crippen LogP contribution in [0.2, 0.25) is 0 Å². The smallest absolute Gasteiger partial charge is 0.228 e. The Morgan fingerprint density at radius 1 is 1.18 bits per heavy atom. The van der Waals surface area contributed by atoms with E-state index >= 15 is 0 Å². The van der Waals surface area contributed by atoms with Gasteiger partial charge in [0, 0.05) is 29.9 Å². The lowest BCUT2D eigenvalue weighted by molar-refractivity contribution is -0.136. The molecule has 3 atom stereocenters. The summed E-state index contributed by atoms with van der Waals surface area (Å²) in [5, 5.41) is 5.28. The molecule has 146 valence electrons. The second-order valence-corrected chi connectivity index (χ2v) is 9.19. The Bertz CT molecular complexity index is 865. The molecule has 2 aromatic rings. The Balaban J connectivity index is 1.42. The molecule has 1 aromatic heterocycles. The number of benzene rings is 1. The SMILES string of the molecule is O=C(Cc1ccccc1)N1[C@@H]2CC[C@H]1[C@@](Cc1cscn1)(C(=O)NC1CC1)C2.